The van der Waals surface area contributed by atoms with Gasteiger partial charge in [0.25, 0.3) is 5.56 Å². The van der Waals surface area contributed by atoms with Crippen molar-refractivity contribution in [3.05, 3.63) is 58.6 Å². The molecule has 1 N–H and O–H groups in total. The molecule has 2 aromatic rings. The lowest BCUT2D eigenvalue weighted by atomic mass is 10.1. The lowest BCUT2D eigenvalue weighted by molar-refractivity contribution is 0.256. The average Bonchev–Trinajstić information content (AvgIpc) is 3.13. The Bertz CT molecular complexity index is 720. The molecular weight excluding hydrogens is 312 g/mol. The van der Waals surface area contributed by atoms with E-state index in [1.54, 1.807) is 17.0 Å². The molecule has 1 aliphatic heterocycles. The number of rotatable bonds is 7. The molecule has 0 amide bonds. The quantitative estimate of drug-likeness (QED) is 0.841. The van der Waals surface area contributed by atoms with Crippen LogP contribution in [0.3, 0.4) is 0 Å². The molecule has 1 aromatic heterocycles. The summed E-state index contributed by atoms with van der Waals surface area (Å²) in [4.78, 5) is 19.4. The van der Waals surface area contributed by atoms with E-state index in [2.05, 4.69) is 53.3 Å². The van der Waals surface area contributed by atoms with Crippen LogP contribution >= 0.6 is 0 Å². The molecule has 0 saturated carbocycles. The molecule has 25 heavy (non-hydrogen) atoms. The fraction of sp³-hybridized carbons (Fsp3) is 0.500. The molecule has 3 rings (SSSR count). The maximum atomic E-state index is 12.6. The first kappa shape index (κ1) is 17.7. The molecule has 1 aliphatic rings. The molecule has 134 valence electrons. The van der Waals surface area contributed by atoms with E-state index >= 15 is 0 Å². The van der Waals surface area contributed by atoms with Gasteiger partial charge in [-0.25, -0.2) is 4.98 Å². The monoisotopic (exact) mass is 340 g/mol. The summed E-state index contributed by atoms with van der Waals surface area (Å²) in [6.45, 7) is 7.85. The van der Waals surface area contributed by atoms with Gasteiger partial charge in [-0.05, 0) is 37.4 Å². The fourth-order valence-corrected chi connectivity index (χ4v) is 3.49. The van der Waals surface area contributed by atoms with E-state index in [-0.39, 0.29) is 11.6 Å². The van der Waals surface area contributed by atoms with E-state index in [9.17, 15) is 4.79 Å². The van der Waals surface area contributed by atoms with Gasteiger partial charge < -0.3 is 9.88 Å². The standard InChI is InChI=1S/C20H28N4O/c1-16(2)15-24-13-10-21-19(20(24)25)22-14-18(23-11-6-7-12-23)17-8-4-3-5-9-17/h3-5,8-10,13,16,18H,6-7,11-12,14-15H2,1-2H3,(H,21,22). The maximum absolute atomic E-state index is 12.6. The number of likely N-dealkylation sites (tertiary alicyclic amines) is 1. The van der Waals surface area contributed by atoms with Crippen LogP contribution in [-0.4, -0.2) is 34.1 Å². The van der Waals surface area contributed by atoms with Crippen molar-refractivity contribution in [1.82, 2.24) is 14.5 Å². The van der Waals surface area contributed by atoms with Crippen molar-refractivity contribution >= 4 is 5.82 Å². The number of hydrogen-bond donors (Lipinski definition) is 1. The highest BCUT2D eigenvalue weighted by Crippen LogP contribution is 2.25. The molecular formula is C20H28N4O. The van der Waals surface area contributed by atoms with Crippen molar-refractivity contribution in [2.45, 2.75) is 39.3 Å². The van der Waals surface area contributed by atoms with E-state index in [1.807, 2.05) is 6.07 Å². The van der Waals surface area contributed by atoms with Gasteiger partial charge in [0.05, 0.1) is 6.04 Å². The Labute approximate surface area is 149 Å². The normalized spacial score (nSPS) is 16.3. The number of nitrogens with one attached hydrogen (secondary N) is 1. The molecule has 5 heteroatoms. The van der Waals surface area contributed by atoms with E-state index < -0.39 is 0 Å². The molecule has 0 bridgehead atoms. The maximum Gasteiger partial charge on any atom is 0.293 e. The summed E-state index contributed by atoms with van der Waals surface area (Å²) in [5, 5.41) is 3.32. The van der Waals surface area contributed by atoms with Crippen LogP contribution in [0, 0.1) is 5.92 Å². The molecule has 2 heterocycles. The van der Waals surface area contributed by atoms with Crippen molar-refractivity contribution in [3.8, 4) is 0 Å². The van der Waals surface area contributed by atoms with Gasteiger partial charge in [-0.1, -0.05) is 44.2 Å². The van der Waals surface area contributed by atoms with Crippen LogP contribution in [0.2, 0.25) is 0 Å². The second-order valence-corrected chi connectivity index (χ2v) is 7.18. The zero-order valence-electron chi connectivity index (χ0n) is 15.2. The van der Waals surface area contributed by atoms with Crippen LogP contribution in [0.4, 0.5) is 5.82 Å². The third-order valence-corrected chi connectivity index (χ3v) is 4.70. The first-order chi connectivity index (χ1) is 12.1. The van der Waals surface area contributed by atoms with Gasteiger partial charge in [-0.2, -0.15) is 0 Å². The SMILES string of the molecule is CC(C)Cn1ccnc(NCC(c2ccccc2)N2CCCC2)c1=O. The van der Waals surface area contributed by atoms with Crippen molar-refractivity contribution in [2.75, 3.05) is 25.0 Å². The molecule has 5 nitrogen and oxygen atoms in total. The highest BCUT2D eigenvalue weighted by molar-refractivity contribution is 5.32. The average molecular weight is 340 g/mol. The first-order valence-electron chi connectivity index (χ1n) is 9.23. The fourth-order valence-electron chi connectivity index (χ4n) is 3.49. The van der Waals surface area contributed by atoms with Crippen LogP contribution in [0.5, 0.6) is 0 Å². The predicted octanol–water partition coefficient (Wildman–Crippen LogP) is 3.15. The summed E-state index contributed by atoms with van der Waals surface area (Å²) in [5.41, 5.74) is 1.25. The van der Waals surface area contributed by atoms with Gasteiger partial charge >= 0.3 is 0 Å². The zero-order chi connectivity index (χ0) is 17.6. The smallest absolute Gasteiger partial charge is 0.293 e. The van der Waals surface area contributed by atoms with Crippen molar-refractivity contribution in [1.29, 1.82) is 0 Å². The molecule has 1 fully saturated rings. The van der Waals surface area contributed by atoms with Crippen molar-refractivity contribution in [3.63, 3.8) is 0 Å². The van der Waals surface area contributed by atoms with Gasteiger partial charge in [0.2, 0.25) is 0 Å². The van der Waals surface area contributed by atoms with Gasteiger partial charge in [-0.15, -0.1) is 0 Å². The third-order valence-electron chi connectivity index (χ3n) is 4.70. The van der Waals surface area contributed by atoms with Crippen LogP contribution < -0.4 is 10.9 Å². The minimum absolute atomic E-state index is 0.0376. The predicted molar refractivity (Wildman–Crippen MR) is 102 cm³/mol. The number of nitrogens with zero attached hydrogens (tertiary/aromatic N) is 3. The Hall–Kier alpha value is -2.14. The van der Waals surface area contributed by atoms with E-state index in [0.717, 1.165) is 13.1 Å². The van der Waals surface area contributed by atoms with Crippen LogP contribution in [-0.2, 0) is 6.54 Å². The number of aromatic nitrogens is 2. The Morgan fingerprint density at radius 2 is 1.88 bits per heavy atom. The Morgan fingerprint density at radius 3 is 2.56 bits per heavy atom. The summed E-state index contributed by atoms with van der Waals surface area (Å²) in [5.74, 6) is 0.873. The Morgan fingerprint density at radius 1 is 1.16 bits per heavy atom. The van der Waals surface area contributed by atoms with E-state index in [4.69, 9.17) is 0 Å². The van der Waals surface area contributed by atoms with E-state index in [1.165, 1.54) is 18.4 Å². The zero-order valence-corrected chi connectivity index (χ0v) is 15.2. The first-order valence-corrected chi connectivity index (χ1v) is 9.23. The number of anilines is 1. The van der Waals surface area contributed by atoms with E-state index in [0.29, 0.717) is 24.8 Å². The Kier molecular flexibility index (Phi) is 5.87. The highest BCUT2D eigenvalue weighted by Gasteiger charge is 2.23. The highest BCUT2D eigenvalue weighted by atomic mass is 16.1. The molecule has 0 spiro atoms. The second kappa shape index (κ2) is 8.30. The molecule has 1 unspecified atom stereocenters. The third kappa shape index (κ3) is 4.48. The summed E-state index contributed by atoms with van der Waals surface area (Å²) in [7, 11) is 0. The van der Waals surface area contributed by atoms with Gasteiger partial charge in [0, 0.05) is 25.5 Å². The lowest BCUT2D eigenvalue weighted by Crippen LogP contribution is -2.33. The number of hydrogen-bond acceptors (Lipinski definition) is 4. The second-order valence-electron chi connectivity index (χ2n) is 7.18. The minimum atomic E-state index is -0.0376. The van der Waals surface area contributed by atoms with Gasteiger partial charge in [0.15, 0.2) is 5.82 Å². The van der Waals surface area contributed by atoms with Gasteiger partial charge in [-0.3, -0.25) is 9.69 Å². The summed E-state index contributed by atoms with van der Waals surface area (Å²) in [6, 6.07) is 10.8. The van der Waals surface area contributed by atoms with Crippen molar-refractivity contribution < 1.29 is 0 Å². The molecule has 1 aromatic carbocycles. The summed E-state index contributed by atoms with van der Waals surface area (Å²) >= 11 is 0. The molecule has 0 radical (unpaired) electrons. The Balaban J connectivity index is 1.76. The molecule has 1 atom stereocenters. The van der Waals surface area contributed by atoms with Gasteiger partial charge in [0.1, 0.15) is 0 Å². The topological polar surface area (TPSA) is 50.2 Å². The summed E-state index contributed by atoms with van der Waals surface area (Å²) in [6.07, 6.45) is 5.96. The minimum Gasteiger partial charge on any atom is -0.364 e. The van der Waals surface area contributed by atoms with Crippen molar-refractivity contribution in [2.24, 2.45) is 5.92 Å². The largest absolute Gasteiger partial charge is 0.364 e. The van der Waals surface area contributed by atoms with Crippen LogP contribution in [0.1, 0.15) is 38.3 Å². The lowest BCUT2D eigenvalue weighted by Gasteiger charge is -2.28. The van der Waals surface area contributed by atoms with Crippen LogP contribution in [0.25, 0.3) is 0 Å². The molecule has 0 aliphatic carbocycles. The van der Waals surface area contributed by atoms with Crippen LogP contribution in [0.15, 0.2) is 47.5 Å². The molecule has 1 saturated heterocycles. The summed E-state index contributed by atoms with van der Waals surface area (Å²) < 4.78 is 1.74. The number of benzene rings is 1.